The Morgan fingerprint density at radius 2 is 1.61 bits per heavy atom. The number of anilines is 2. The van der Waals surface area contributed by atoms with Crippen LogP contribution < -0.4 is 15.4 Å². The van der Waals surface area contributed by atoms with E-state index < -0.39 is 12.4 Å². The van der Waals surface area contributed by atoms with Gasteiger partial charge in [0.1, 0.15) is 5.75 Å². The van der Waals surface area contributed by atoms with Gasteiger partial charge >= 0.3 is 12.4 Å². The van der Waals surface area contributed by atoms with Gasteiger partial charge in [-0.25, -0.2) is 4.79 Å². The lowest BCUT2D eigenvalue weighted by atomic mass is 10.2. The third-order valence-electron chi connectivity index (χ3n) is 2.78. The highest BCUT2D eigenvalue weighted by Crippen LogP contribution is 2.24. The molecule has 8 heteroatoms. The second-order valence-electron chi connectivity index (χ2n) is 4.62. The van der Waals surface area contributed by atoms with Gasteiger partial charge in [0.2, 0.25) is 0 Å². The fourth-order valence-corrected chi connectivity index (χ4v) is 1.88. The number of halogens is 4. The Labute approximate surface area is 135 Å². The number of benzene rings is 2. The largest absolute Gasteiger partial charge is 0.573 e. The van der Waals surface area contributed by atoms with Gasteiger partial charge < -0.3 is 15.4 Å². The molecule has 0 bridgehead atoms. The van der Waals surface area contributed by atoms with Crippen molar-refractivity contribution in [3.63, 3.8) is 0 Å². The van der Waals surface area contributed by atoms with E-state index in [0.29, 0.717) is 16.4 Å². The van der Waals surface area contributed by atoms with E-state index >= 15 is 0 Å². The molecule has 0 aromatic heterocycles. The van der Waals surface area contributed by atoms with Crippen LogP contribution in [0.25, 0.3) is 0 Å². The standard InChI is InChI=1S/C15H12ClF3N2O2/c1-9-2-3-11(8-13(9)16)21-14(22)20-10-4-6-12(7-5-10)23-15(17,18)19/h2-8H,1H3,(H2,20,21,22). The first-order valence-electron chi connectivity index (χ1n) is 6.43. The van der Waals surface area contributed by atoms with Crippen LogP contribution in [0.1, 0.15) is 5.56 Å². The van der Waals surface area contributed by atoms with Crippen molar-refractivity contribution >= 4 is 29.0 Å². The molecule has 0 aliphatic rings. The van der Waals surface area contributed by atoms with E-state index in [2.05, 4.69) is 15.4 Å². The van der Waals surface area contributed by atoms with Gasteiger partial charge in [-0.15, -0.1) is 13.2 Å². The monoisotopic (exact) mass is 344 g/mol. The van der Waals surface area contributed by atoms with Crippen molar-refractivity contribution in [1.29, 1.82) is 0 Å². The van der Waals surface area contributed by atoms with E-state index in [1.807, 2.05) is 6.92 Å². The molecule has 4 nitrogen and oxygen atoms in total. The molecule has 23 heavy (non-hydrogen) atoms. The number of carbonyl (C=O) groups excluding carboxylic acids is 1. The lowest BCUT2D eigenvalue weighted by Gasteiger charge is -2.11. The van der Waals surface area contributed by atoms with Gasteiger partial charge in [0.05, 0.1) is 0 Å². The highest BCUT2D eigenvalue weighted by atomic mass is 35.5. The fourth-order valence-electron chi connectivity index (χ4n) is 1.70. The Balaban J connectivity index is 1.96. The summed E-state index contributed by atoms with van der Waals surface area (Å²) in [4.78, 5) is 11.8. The van der Waals surface area contributed by atoms with Crippen LogP contribution >= 0.6 is 11.6 Å². The van der Waals surface area contributed by atoms with Crippen LogP contribution in [-0.2, 0) is 0 Å². The van der Waals surface area contributed by atoms with Crippen molar-refractivity contribution in [2.24, 2.45) is 0 Å². The van der Waals surface area contributed by atoms with Crippen LogP contribution in [-0.4, -0.2) is 12.4 Å². The van der Waals surface area contributed by atoms with Gasteiger partial charge in [0.15, 0.2) is 0 Å². The summed E-state index contributed by atoms with van der Waals surface area (Å²) < 4.78 is 39.9. The summed E-state index contributed by atoms with van der Waals surface area (Å²) in [6.45, 7) is 1.83. The highest BCUT2D eigenvalue weighted by Gasteiger charge is 2.30. The summed E-state index contributed by atoms with van der Waals surface area (Å²) in [5.74, 6) is -0.367. The Bertz CT molecular complexity index is 703. The molecule has 2 aromatic rings. The van der Waals surface area contributed by atoms with E-state index in [0.717, 1.165) is 17.7 Å². The molecule has 0 spiro atoms. The number of ether oxygens (including phenoxy) is 1. The lowest BCUT2D eigenvalue weighted by molar-refractivity contribution is -0.274. The predicted molar refractivity (Wildman–Crippen MR) is 82.0 cm³/mol. The number of carbonyl (C=O) groups is 1. The number of hydrogen-bond donors (Lipinski definition) is 2. The molecule has 0 unspecified atom stereocenters. The molecule has 2 rings (SSSR count). The molecular weight excluding hydrogens is 333 g/mol. The second kappa shape index (κ2) is 6.78. The summed E-state index contributed by atoms with van der Waals surface area (Å²) in [6.07, 6.45) is -4.75. The minimum Gasteiger partial charge on any atom is -0.406 e. The minimum atomic E-state index is -4.75. The summed E-state index contributed by atoms with van der Waals surface area (Å²) in [5.41, 5.74) is 1.68. The first kappa shape index (κ1) is 17.0. The molecule has 2 N–H and O–H groups in total. The molecule has 0 saturated carbocycles. The number of aryl methyl sites for hydroxylation is 1. The summed E-state index contributed by atoms with van der Waals surface area (Å²) in [7, 11) is 0. The molecule has 0 aliphatic carbocycles. The third kappa shape index (κ3) is 5.37. The van der Waals surface area contributed by atoms with E-state index in [1.54, 1.807) is 18.2 Å². The summed E-state index contributed by atoms with van der Waals surface area (Å²) >= 11 is 5.95. The highest BCUT2D eigenvalue weighted by molar-refractivity contribution is 6.31. The smallest absolute Gasteiger partial charge is 0.406 e. The van der Waals surface area contributed by atoms with Gasteiger partial charge in [0, 0.05) is 16.4 Å². The lowest BCUT2D eigenvalue weighted by Crippen LogP contribution is -2.19. The van der Waals surface area contributed by atoms with Crippen LogP contribution in [0.3, 0.4) is 0 Å². The second-order valence-corrected chi connectivity index (χ2v) is 5.02. The minimum absolute atomic E-state index is 0.315. The quantitative estimate of drug-likeness (QED) is 0.805. The number of hydrogen-bond acceptors (Lipinski definition) is 2. The van der Waals surface area contributed by atoms with Gasteiger partial charge in [-0.1, -0.05) is 17.7 Å². The Morgan fingerprint density at radius 3 is 2.17 bits per heavy atom. The van der Waals surface area contributed by atoms with Crippen LogP contribution in [0.5, 0.6) is 5.75 Å². The zero-order valence-electron chi connectivity index (χ0n) is 11.9. The molecule has 0 saturated heterocycles. The van der Waals surface area contributed by atoms with E-state index in [4.69, 9.17) is 11.6 Å². The first-order valence-corrected chi connectivity index (χ1v) is 6.81. The van der Waals surface area contributed by atoms with Crippen LogP contribution in [0.2, 0.25) is 5.02 Å². The molecular formula is C15H12ClF3N2O2. The Morgan fingerprint density at radius 1 is 1.04 bits per heavy atom. The SMILES string of the molecule is Cc1ccc(NC(=O)Nc2ccc(OC(F)(F)F)cc2)cc1Cl. The fraction of sp³-hybridized carbons (Fsp3) is 0.133. The molecule has 2 aromatic carbocycles. The molecule has 0 radical (unpaired) electrons. The van der Waals surface area contributed by atoms with Gasteiger partial charge in [0.25, 0.3) is 0 Å². The van der Waals surface area contributed by atoms with Crippen molar-refractivity contribution in [2.45, 2.75) is 13.3 Å². The number of amides is 2. The molecule has 0 atom stereocenters. The molecule has 2 amide bonds. The topological polar surface area (TPSA) is 50.4 Å². The van der Waals surface area contributed by atoms with E-state index in [-0.39, 0.29) is 5.75 Å². The maximum atomic E-state index is 12.0. The number of urea groups is 1. The van der Waals surface area contributed by atoms with Crippen molar-refractivity contribution in [1.82, 2.24) is 0 Å². The van der Waals surface area contributed by atoms with Crippen molar-refractivity contribution < 1.29 is 22.7 Å². The van der Waals surface area contributed by atoms with Gasteiger partial charge in [-0.2, -0.15) is 0 Å². The number of alkyl halides is 3. The van der Waals surface area contributed by atoms with Gasteiger partial charge in [-0.05, 0) is 48.9 Å². The number of rotatable bonds is 3. The number of nitrogens with one attached hydrogen (secondary N) is 2. The van der Waals surface area contributed by atoms with Crippen LogP contribution in [0, 0.1) is 6.92 Å². The van der Waals surface area contributed by atoms with Crippen molar-refractivity contribution in [2.75, 3.05) is 10.6 Å². The van der Waals surface area contributed by atoms with E-state index in [1.165, 1.54) is 12.1 Å². The maximum absolute atomic E-state index is 12.0. The van der Waals surface area contributed by atoms with E-state index in [9.17, 15) is 18.0 Å². The van der Waals surface area contributed by atoms with Gasteiger partial charge in [-0.3, -0.25) is 0 Å². The van der Waals surface area contributed by atoms with Crippen LogP contribution in [0.4, 0.5) is 29.3 Å². The average Bonchev–Trinajstić information content (AvgIpc) is 2.43. The third-order valence-corrected chi connectivity index (χ3v) is 3.18. The average molecular weight is 345 g/mol. The first-order chi connectivity index (χ1) is 10.7. The summed E-state index contributed by atoms with van der Waals surface area (Å²) in [6, 6.07) is 9.27. The molecule has 0 heterocycles. The predicted octanol–water partition coefficient (Wildman–Crippen LogP) is 5.19. The maximum Gasteiger partial charge on any atom is 0.573 e. The molecule has 0 fully saturated rings. The Hall–Kier alpha value is -2.41. The zero-order chi connectivity index (χ0) is 17.0. The van der Waals surface area contributed by atoms with Crippen molar-refractivity contribution in [3.8, 4) is 5.75 Å². The molecule has 0 aliphatic heterocycles. The molecule has 122 valence electrons. The normalized spacial score (nSPS) is 11.0. The van der Waals surface area contributed by atoms with Crippen LogP contribution in [0.15, 0.2) is 42.5 Å². The zero-order valence-corrected chi connectivity index (χ0v) is 12.6. The van der Waals surface area contributed by atoms with Crippen molar-refractivity contribution in [3.05, 3.63) is 53.1 Å². The Kier molecular flexibility index (Phi) is 5.00. The summed E-state index contributed by atoms with van der Waals surface area (Å²) in [5, 5.41) is 5.56.